The quantitative estimate of drug-likeness (QED) is 0.230. The summed E-state index contributed by atoms with van der Waals surface area (Å²) in [5.74, 6) is 0.786. The number of aryl methyl sites for hydroxylation is 2. The summed E-state index contributed by atoms with van der Waals surface area (Å²) in [5, 5.41) is 16.9. The highest BCUT2D eigenvalue weighted by molar-refractivity contribution is 5.66. The minimum atomic E-state index is -4.72. The Hall–Kier alpha value is -4.12. The van der Waals surface area contributed by atoms with Gasteiger partial charge in [0.25, 0.3) is 0 Å². The fraction of sp³-hybridized carbons (Fsp3) is 0.296. The van der Waals surface area contributed by atoms with Gasteiger partial charge >= 0.3 is 6.36 Å². The van der Waals surface area contributed by atoms with Crippen molar-refractivity contribution >= 4 is 12.2 Å². The molecule has 0 bridgehead atoms. The molecule has 2 aromatic carbocycles. The van der Waals surface area contributed by atoms with Crippen LogP contribution in [-0.2, 0) is 26.0 Å². The van der Waals surface area contributed by atoms with E-state index in [9.17, 15) is 13.2 Å². The number of nitrogens with zero attached hydrogens (tertiary/aromatic N) is 4. The van der Waals surface area contributed by atoms with Crippen LogP contribution in [0.4, 0.5) is 13.2 Å². The van der Waals surface area contributed by atoms with Gasteiger partial charge in [-0.15, -0.1) is 18.3 Å². The van der Waals surface area contributed by atoms with Crippen molar-refractivity contribution in [3.05, 3.63) is 89.4 Å². The van der Waals surface area contributed by atoms with Crippen molar-refractivity contribution in [2.45, 2.75) is 45.2 Å². The fourth-order valence-corrected chi connectivity index (χ4v) is 3.71. The molecule has 4 rings (SSSR count). The van der Waals surface area contributed by atoms with E-state index in [0.717, 1.165) is 31.4 Å². The van der Waals surface area contributed by atoms with Gasteiger partial charge in [-0.25, -0.2) is 9.67 Å². The van der Waals surface area contributed by atoms with Crippen molar-refractivity contribution in [2.75, 3.05) is 6.61 Å². The van der Waals surface area contributed by atoms with Crippen molar-refractivity contribution in [2.24, 2.45) is 0 Å². The highest BCUT2D eigenvalue weighted by Crippen LogP contribution is 2.23. The Kier molecular flexibility index (Phi) is 9.15. The highest BCUT2D eigenvalue weighted by atomic mass is 19.4. The molecule has 0 saturated heterocycles. The van der Waals surface area contributed by atoms with Crippen molar-refractivity contribution in [1.82, 2.24) is 20.0 Å². The number of unbranched alkanes of at least 4 members (excludes halogenated alkanes) is 1. The van der Waals surface area contributed by atoms with Crippen molar-refractivity contribution in [3.8, 4) is 11.5 Å². The van der Waals surface area contributed by atoms with E-state index in [1.165, 1.54) is 36.1 Å². The summed E-state index contributed by atoms with van der Waals surface area (Å²) in [7, 11) is 0. The number of hydrogen-bond acceptors (Lipinski definition) is 7. The molecule has 0 radical (unpaired) electrons. The minimum absolute atomic E-state index is 0.0460. The molecular weight excluding hydrogens is 501 g/mol. The van der Waals surface area contributed by atoms with Gasteiger partial charge in [-0.05, 0) is 67.2 Å². The van der Waals surface area contributed by atoms with Gasteiger partial charge in [0.15, 0.2) is 0 Å². The Morgan fingerprint density at radius 2 is 1.68 bits per heavy atom. The maximum atomic E-state index is 12.3. The lowest BCUT2D eigenvalue weighted by molar-refractivity contribution is -0.274. The van der Waals surface area contributed by atoms with E-state index in [0.29, 0.717) is 29.4 Å². The predicted molar refractivity (Wildman–Crippen MR) is 133 cm³/mol. The number of aliphatic hydroxyl groups excluding tert-OH is 1. The molecule has 0 aliphatic carbocycles. The van der Waals surface area contributed by atoms with E-state index in [4.69, 9.17) is 14.3 Å². The van der Waals surface area contributed by atoms with E-state index in [1.54, 1.807) is 23.0 Å². The topological polar surface area (TPSA) is 95.4 Å². The lowest BCUT2D eigenvalue weighted by Gasteiger charge is -2.08. The fourth-order valence-electron chi connectivity index (χ4n) is 3.71. The van der Waals surface area contributed by atoms with E-state index in [-0.39, 0.29) is 19.0 Å². The second-order valence-electron chi connectivity index (χ2n) is 8.44. The lowest BCUT2D eigenvalue weighted by Crippen LogP contribution is -2.16. The van der Waals surface area contributed by atoms with Gasteiger partial charge in [-0.2, -0.15) is 0 Å². The number of hydrogen-bond donors (Lipinski definition) is 1. The monoisotopic (exact) mass is 528 g/mol. The number of benzene rings is 2. The van der Waals surface area contributed by atoms with Crippen molar-refractivity contribution < 1.29 is 32.2 Å². The summed E-state index contributed by atoms with van der Waals surface area (Å²) in [6.07, 6.45) is 5.64. The van der Waals surface area contributed by atoms with Crippen LogP contribution in [0, 0.1) is 0 Å². The minimum Gasteiger partial charge on any atom is -0.487 e. The van der Waals surface area contributed by atoms with Gasteiger partial charge in [0, 0.05) is 6.08 Å². The van der Waals surface area contributed by atoms with Crippen LogP contribution in [0.2, 0.25) is 0 Å². The molecule has 0 aliphatic heterocycles. The molecule has 1 N–H and O–H groups in total. The number of aliphatic hydroxyl groups is 1. The van der Waals surface area contributed by atoms with Crippen LogP contribution in [0.25, 0.3) is 12.2 Å². The molecule has 2 aromatic heterocycles. The summed E-state index contributed by atoms with van der Waals surface area (Å²) in [6.45, 7) is 0.741. The zero-order valence-corrected chi connectivity index (χ0v) is 20.5. The third kappa shape index (κ3) is 8.48. The molecule has 0 fully saturated rings. The molecule has 0 spiro atoms. The van der Waals surface area contributed by atoms with Gasteiger partial charge in [0.2, 0.25) is 5.89 Å². The second kappa shape index (κ2) is 12.9. The smallest absolute Gasteiger partial charge is 0.487 e. The molecule has 200 valence electrons. The Balaban J connectivity index is 1.19. The molecule has 38 heavy (non-hydrogen) atoms. The van der Waals surface area contributed by atoms with Crippen molar-refractivity contribution in [1.29, 1.82) is 0 Å². The summed E-state index contributed by atoms with van der Waals surface area (Å²) in [4.78, 5) is 4.34. The Morgan fingerprint density at radius 3 is 2.42 bits per heavy atom. The van der Waals surface area contributed by atoms with E-state index in [1.807, 2.05) is 24.3 Å². The first-order valence-electron chi connectivity index (χ1n) is 12.1. The van der Waals surface area contributed by atoms with E-state index < -0.39 is 6.36 Å². The van der Waals surface area contributed by atoms with Crippen LogP contribution in [-0.4, -0.2) is 38.1 Å². The summed E-state index contributed by atoms with van der Waals surface area (Å²) in [6, 6.07) is 13.4. The zero-order chi connectivity index (χ0) is 26.8. The second-order valence-corrected chi connectivity index (χ2v) is 8.44. The number of ether oxygens (including phenoxy) is 2. The Bertz CT molecular complexity index is 1300. The van der Waals surface area contributed by atoms with Crippen LogP contribution >= 0.6 is 0 Å². The van der Waals surface area contributed by atoms with Crippen LogP contribution in [0.3, 0.4) is 0 Å². The van der Waals surface area contributed by atoms with Crippen LogP contribution in [0.5, 0.6) is 11.5 Å². The van der Waals surface area contributed by atoms with Gasteiger partial charge in [-0.3, -0.25) is 0 Å². The Morgan fingerprint density at radius 1 is 0.947 bits per heavy atom. The van der Waals surface area contributed by atoms with Crippen LogP contribution < -0.4 is 9.47 Å². The SMILES string of the molecule is OCCn1nncc1CCCCc1ccc(OCc2coc(/C=C/c3ccc(OC(F)(F)F)cc3)n2)cc1. The number of aromatic nitrogens is 4. The maximum Gasteiger partial charge on any atom is 0.573 e. The molecule has 0 amide bonds. The van der Waals surface area contributed by atoms with Crippen molar-refractivity contribution in [3.63, 3.8) is 0 Å². The van der Waals surface area contributed by atoms with Gasteiger partial charge in [0.05, 0.1) is 25.0 Å². The average molecular weight is 529 g/mol. The first-order valence-corrected chi connectivity index (χ1v) is 12.1. The molecule has 0 saturated carbocycles. The third-order valence-corrected chi connectivity index (χ3v) is 5.57. The number of alkyl halides is 3. The summed E-state index contributed by atoms with van der Waals surface area (Å²) >= 11 is 0. The molecule has 2 heterocycles. The number of oxazole rings is 1. The normalized spacial score (nSPS) is 11.8. The molecule has 0 aliphatic rings. The summed E-state index contributed by atoms with van der Waals surface area (Å²) < 4.78 is 53.6. The standard InChI is InChI=1S/C27H27F3N4O4/c28-27(29,30)38-25-12-7-21(8-13-25)9-14-26-32-22(19-37-26)18-36-24-10-5-20(6-11-24)3-1-2-4-23-17-31-33-34(23)15-16-35/h5-14,17,19,35H,1-4,15-16,18H2/b14-9+. The largest absolute Gasteiger partial charge is 0.573 e. The Labute approximate surface area is 217 Å². The third-order valence-electron chi connectivity index (χ3n) is 5.57. The molecule has 0 unspecified atom stereocenters. The first-order chi connectivity index (χ1) is 18.4. The number of halogens is 3. The maximum absolute atomic E-state index is 12.3. The molecule has 11 heteroatoms. The van der Waals surface area contributed by atoms with Gasteiger partial charge in [-0.1, -0.05) is 29.5 Å². The number of rotatable bonds is 13. The average Bonchev–Trinajstić information content (AvgIpc) is 3.54. The molecule has 8 nitrogen and oxygen atoms in total. The predicted octanol–water partition coefficient (Wildman–Crippen LogP) is 5.47. The molecule has 4 aromatic rings. The first kappa shape index (κ1) is 26.9. The zero-order valence-electron chi connectivity index (χ0n) is 20.5. The van der Waals surface area contributed by atoms with E-state index in [2.05, 4.69) is 20.0 Å². The lowest BCUT2D eigenvalue weighted by atomic mass is 10.1. The molecular formula is C27H27F3N4O4. The van der Waals surface area contributed by atoms with Crippen LogP contribution in [0.15, 0.2) is 65.4 Å². The van der Waals surface area contributed by atoms with Gasteiger partial charge in [0.1, 0.15) is 30.1 Å². The molecule has 0 atom stereocenters. The highest BCUT2D eigenvalue weighted by Gasteiger charge is 2.30. The van der Waals surface area contributed by atoms with Crippen LogP contribution in [0.1, 0.15) is 41.2 Å². The van der Waals surface area contributed by atoms with E-state index >= 15 is 0 Å². The van der Waals surface area contributed by atoms with Gasteiger partial charge < -0.3 is 19.0 Å². The summed E-state index contributed by atoms with van der Waals surface area (Å²) in [5.41, 5.74) is 3.52.